The number of thioether (sulfide) groups is 1. The van der Waals surface area contributed by atoms with Gasteiger partial charge in [0.1, 0.15) is 0 Å². The summed E-state index contributed by atoms with van der Waals surface area (Å²) in [5.74, 6) is -0.473. The lowest BCUT2D eigenvalue weighted by atomic mass is 10.2. The smallest absolute Gasteiger partial charge is 0.307 e. The van der Waals surface area contributed by atoms with Gasteiger partial charge in [0, 0.05) is 41.9 Å². The van der Waals surface area contributed by atoms with E-state index in [1.807, 2.05) is 24.3 Å². The van der Waals surface area contributed by atoms with Crippen LogP contribution in [0.4, 0.5) is 5.69 Å². The van der Waals surface area contributed by atoms with Crippen LogP contribution in [0.25, 0.3) is 10.9 Å². The molecule has 0 radical (unpaired) electrons. The number of carbonyl (C=O) groups excluding carboxylic acids is 2. The molecule has 1 aliphatic heterocycles. The number of fused-ring (bicyclic) bond motifs is 1. The van der Waals surface area contributed by atoms with Gasteiger partial charge < -0.3 is 5.32 Å². The van der Waals surface area contributed by atoms with Gasteiger partial charge in [-0.25, -0.2) is 0 Å². The summed E-state index contributed by atoms with van der Waals surface area (Å²) in [6.45, 7) is 3.84. The average Bonchev–Trinajstić information content (AvgIpc) is 2.92. The second-order valence-electron chi connectivity index (χ2n) is 6.16. The molecular formula is C19H21ClN4O2S. The van der Waals surface area contributed by atoms with Crippen molar-refractivity contribution in [2.75, 3.05) is 25.0 Å². The molecular weight excluding hydrogens is 384 g/mol. The molecule has 1 aromatic carbocycles. The first kappa shape index (κ1) is 19.6. The lowest BCUT2D eigenvalue weighted by molar-refractivity contribution is -0.136. The first-order chi connectivity index (χ1) is 13.1. The molecule has 27 heavy (non-hydrogen) atoms. The number of hydrogen-bond donors (Lipinski definition) is 1. The van der Waals surface area contributed by atoms with Crippen molar-refractivity contribution in [2.45, 2.75) is 26.2 Å². The minimum atomic E-state index is -0.473. The molecule has 0 atom stereocenters. The van der Waals surface area contributed by atoms with Gasteiger partial charge in [0.25, 0.3) is 5.12 Å². The summed E-state index contributed by atoms with van der Waals surface area (Å²) in [5, 5.41) is 5.09. The van der Waals surface area contributed by atoms with Crippen LogP contribution in [0.2, 0.25) is 5.02 Å². The fourth-order valence-electron chi connectivity index (χ4n) is 2.76. The summed E-state index contributed by atoms with van der Waals surface area (Å²) in [6.07, 6.45) is 4.40. The number of amidine groups is 1. The maximum Gasteiger partial charge on any atom is 0.307 e. The SMILES string of the molecule is CCCCN=C1SC(=O)C(=O)N1CCCNc1ccnc2cc(Cl)ccc12. The van der Waals surface area contributed by atoms with Crippen LogP contribution in [0.15, 0.2) is 35.5 Å². The largest absolute Gasteiger partial charge is 0.384 e. The molecule has 0 aliphatic carbocycles. The Hall–Kier alpha value is -2.12. The Morgan fingerprint density at radius 3 is 2.93 bits per heavy atom. The van der Waals surface area contributed by atoms with Gasteiger partial charge in [0.15, 0.2) is 5.17 Å². The van der Waals surface area contributed by atoms with Gasteiger partial charge in [-0.05, 0) is 48.9 Å². The maximum absolute atomic E-state index is 12.1. The molecule has 1 amide bonds. The van der Waals surface area contributed by atoms with E-state index in [9.17, 15) is 9.59 Å². The van der Waals surface area contributed by atoms with E-state index in [4.69, 9.17) is 11.6 Å². The number of rotatable bonds is 8. The maximum atomic E-state index is 12.1. The van der Waals surface area contributed by atoms with Crippen molar-refractivity contribution in [1.29, 1.82) is 0 Å². The van der Waals surface area contributed by atoms with E-state index in [-0.39, 0.29) is 0 Å². The van der Waals surface area contributed by atoms with E-state index in [0.29, 0.717) is 36.2 Å². The quantitative estimate of drug-likeness (QED) is 0.532. The van der Waals surface area contributed by atoms with Gasteiger partial charge in [0.2, 0.25) is 0 Å². The highest BCUT2D eigenvalue weighted by molar-refractivity contribution is 8.28. The number of benzene rings is 1. The molecule has 1 saturated heterocycles. The van der Waals surface area contributed by atoms with Crippen molar-refractivity contribution < 1.29 is 9.59 Å². The molecule has 6 nitrogen and oxygen atoms in total. The third kappa shape index (κ3) is 4.78. The van der Waals surface area contributed by atoms with Crippen molar-refractivity contribution in [3.05, 3.63) is 35.5 Å². The summed E-state index contributed by atoms with van der Waals surface area (Å²) in [4.78, 5) is 34.0. The van der Waals surface area contributed by atoms with Crippen LogP contribution in [0.3, 0.4) is 0 Å². The summed E-state index contributed by atoms with van der Waals surface area (Å²) in [6, 6.07) is 7.51. The predicted octanol–water partition coefficient (Wildman–Crippen LogP) is 3.95. The third-order valence-electron chi connectivity index (χ3n) is 4.17. The average molecular weight is 405 g/mol. The second kappa shape index (κ2) is 9.19. The predicted molar refractivity (Wildman–Crippen MR) is 111 cm³/mol. The number of aliphatic imine (C=N–C) groups is 1. The van der Waals surface area contributed by atoms with Gasteiger partial charge in [-0.15, -0.1) is 0 Å². The zero-order valence-corrected chi connectivity index (χ0v) is 16.6. The van der Waals surface area contributed by atoms with Crippen LogP contribution < -0.4 is 5.32 Å². The second-order valence-corrected chi connectivity index (χ2v) is 7.54. The van der Waals surface area contributed by atoms with E-state index in [0.717, 1.165) is 41.2 Å². The van der Waals surface area contributed by atoms with E-state index < -0.39 is 11.0 Å². The van der Waals surface area contributed by atoms with Crippen molar-refractivity contribution in [3.63, 3.8) is 0 Å². The van der Waals surface area contributed by atoms with Crippen molar-refractivity contribution in [2.24, 2.45) is 4.99 Å². The Bertz CT molecular complexity index is 887. The van der Waals surface area contributed by atoms with Crippen LogP contribution in [-0.2, 0) is 9.59 Å². The minimum absolute atomic E-state index is 0.449. The molecule has 0 bridgehead atoms. The van der Waals surface area contributed by atoms with Gasteiger partial charge in [-0.2, -0.15) is 0 Å². The molecule has 8 heteroatoms. The molecule has 1 aliphatic rings. The van der Waals surface area contributed by atoms with E-state index in [1.165, 1.54) is 4.90 Å². The van der Waals surface area contributed by atoms with Crippen LogP contribution in [0, 0.1) is 0 Å². The third-order valence-corrected chi connectivity index (χ3v) is 5.30. The number of nitrogens with zero attached hydrogens (tertiary/aromatic N) is 3. The number of nitrogens with one attached hydrogen (secondary N) is 1. The molecule has 2 aromatic rings. The number of carbonyl (C=O) groups is 2. The van der Waals surface area contributed by atoms with Crippen LogP contribution in [0.1, 0.15) is 26.2 Å². The number of anilines is 1. The zero-order valence-electron chi connectivity index (χ0n) is 15.1. The van der Waals surface area contributed by atoms with Crippen LogP contribution >= 0.6 is 23.4 Å². The normalized spacial score (nSPS) is 15.9. The zero-order chi connectivity index (χ0) is 19.2. The van der Waals surface area contributed by atoms with Gasteiger partial charge >= 0.3 is 5.91 Å². The van der Waals surface area contributed by atoms with Crippen molar-refractivity contribution in [1.82, 2.24) is 9.88 Å². The Morgan fingerprint density at radius 2 is 2.11 bits per heavy atom. The van der Waals surface area contributed by atoms with Gasteiger partial charge in [-0.3, -0.25) is 24.5 Å². The minimum Gasteiger partial charge on any atom is -0.384 e. The summed E-state index contributed by atoms with van der Waals surface area (Å²) in [7, 11) is 0. The fourth-order valence-corrected chi connectivity index (χ4v) is 3.73. The Kier molecular flexibility index (Phi) is 6.68. The summed E-state index contributed by atoms with van der Waals surface area (Å²) >= 11 is 6.95. The molecule has 1 aromatic heterocycles. The highest BCUT2D eigenvalue weighted by Crippen LogP contribution is 2.25. The van der Waals surface area contributed by atoms with Crippen LogP contribution in [0.5, 0.6) is 0 Å². The molecule has 0 unspecified atom stereocenters. The van der Waals surface area contributed by atoms with E-state index in [1.54, 1.807) is 6.20 Å². The lowest BCUT2D eigenvalue weighted by Gasteiger charge is -2.16. The Balaban J connectivity index is 1.58. The molecule has 0 saturated carbocycles. The topological polar surface area (TPSA) is 74.7 Å². The number of amides is 1. The van der Waals surface area contributed by atoms with Gasteiger partial charge in [0.05, 0.1) is 5.52 Å². The van der Waals surface area contributed by atoms with Crippen molar-refractivity contribution >= 4 is 56.1 Å². The molecule has 0 spiro atoms. The molecule has 2 heterocycles. The first-order valence-electron chi connectivity index (χ1n) is 8.96. The molecule has 142 valence electrons. The van der Waals surface area contributed by atoms with Gasteiger partial charge in [-0.1, -0.05) is 24.9 Å². The number of unbranched alkanes of at least 4 members (excludes halogenated alkanes) is 1. The summed E-state index contributed by atoms with van der Waals surface area (Å²) in [5.41, 5.74) is 1.79. The Labute approximate surface area is 167 Å². The standard InChI is InChI=1S/C19H21ClN4O2S/c1-2-3-8-23-19-24(17(25)18(26)27-19)11-4-9-21-15-7-10-22-16-12-13(20)5-6-14(15)16/h5-7,10,12H,2-4,8-9,11H2,1H3,(H,21,22). The van der Waals surface area contributed by atoms with Crippen LogP contribution in [-0.4, -0.2) is 45.7 Å². The number of aromatic nitrogens is 1. The van der Waals surface area contributed by atoms with Crippen molar-refractivity contribution in [3.8, 4) is 0 Å². The molecule has 3 rings (SSSR count). The highest BCUT2D eigenvalue weighted by Gasteiger charge is 2.35. The number of halogens is 1. The number of pyridine rings is 1. The Morgan fingerprint density at radius 1 is 1.26 bits per heavy atom. The summed E-state index contributed by atoms with van der Waals surface area (Å²) < 4.78 is 0. The van der Waals surface area contributed by atoms with E-state index >= 15 is 0 Å². The molecule has 1 fully saturated rings. The number of hydrogen-bond acceptors (Lipinski definition) is 6. The monoisotopic (exact) mass is 404 g/mol. The van der Waals surface area contributed by atoms with E-state index in [2.05, 4.69) is 22.2 Å². The first-order valence-corrected chi connectivity index (χ1v) is 10.2. The highest BCUT2D eigenvalue weighted by atomic mass is 35.5. The fraction of sp³-hybridized carbons (Fsp3) is 0.368. The lowest BCUT2D eigenvalue weighted by Crippen LogP contribution is -2.32. The molecule has 1 N–H and O–H groups in total.